The summed E-state index contributed by atoms with van der Waals surface area (Å²) in [6, 6.07) is 4.01. The van der Waals surface area contributed by atoms with Crippen molar-refractivity contribution in [2.75, 3.05) is 20.2 Å². The van der Waals surface area contributed by atoms with E-state index in [1.807, 2.05) is 26.1 Å². The molecule has 4 nitrogen and oxygen atoms in total. The highest BCUT2D eigenvalue weighted by molar-refractivity contribution is 5.29. The molecule has 1 saturated heterocycles. The molecule has 0 saturated carbocycles. The van der Waals surface area contributed by atoms with E-state index < -0.39 is 0 Å². The van der Waals surface area contributed by atoms with Gasteiger partial charge in [-0.2, -0.15) is 0 Å². The molecule has 2 heterocycles. The normalized spacial score (nSPS) is 22.7. The van der Waals surface area contributed by atoms with E-state index >= 15 is 0 Å². The molecular formula is C15H24N2O2. The zero-order valence-corrected chi connectivity index (χ0v) is 12.1. The van der Waals surface area contributed by atoms with Crippen molar-refractivity contribution in [2.24, 2.45) is 0 Å². The lowest BCUT2D eigenvalue weighted by Crippen LogP contribution is -2.26. The minimum atomic E-state index is 0.212. The average molecular weight is 264 g/mol. The van der Waals surface area contributed by atoms with Gasteiger partial charge in [0.05, 0.1) is 17.9 Å². The number of aryl methyl sites for hydroxylation is 2. The Hall–Kier alpha value is -1.13. The van der Waals surface area contributed by atoms with Gasteiger partial charge in [0.1, 0.15) is 12.4 Å². The Bertz CT molecular complexity index is 409. The largest absolute Gasteiger partial charge is 0.489 e. The van der Waals surface area contributed by atoms with Crippen molar-refractivity contribution in [1.82, 2.24) is 10.3 Å². The molecule has 1 aliphatic heterocycles. The summed E-state index contributed by atoms with van der Waals surface area (Å²) in [7, 11) is 1.96. The number of ether oxygens (including phenoxy) is 2. The fourth-order valence-corrected chi connectivity index (χ4v) is 2.45. The first-order valence-electron chi connectivity index (χ1n) is 7.12. The Labute approximate surface area is 115 Å². The molecule has 0 spiro atoms. The predicted molar refractivity (Wildman–Crippen MR) is 75.7 cm³/mol. The number of nitrogens with one attached hydrogen (secondary N) is 1. The molecule has 1 aliphatic rings. The SMILES string of the molecule is CCc1nc(C)ccc1OCC1CCC(CNC)O1. The van der Waals surface area contributed by atoms with Gasteiger partial charge in [-0.25, -0.2) is 0 Å². The van der Waals surface area contributed by atoms with Crippen LogP contribution in [-0.4, -0.2) is 37.4 Å². The second-order valence-corrected chi connectivity index (χ2v) is 5.08. The first-order chi connectivity index (χ1) is 9.22. The maximum atomic E-state index is 5.91. The van der Waals surface area contributed by atoms with Crippen LogP contribution in [-0.2, 0) is 11.2 Å². The molecule has 1 aromatic heterocycles. The van der Waals surface area contributed by atoms with Crippen LogP contribution < -0.4 is 10.1 Å². The molecule has 19 heavy (non-hydrogen) atoms. The zero-order chi connectivity index (χ0) is 13.7. The summed E-state index contributed by atoms with van der Waals surface area (Å²) in [5.74, 6) is 0.897. The van der Waals surface area contributed by atoms with Gasteiger partial charge in [-0.15, -0.1) is 0 Å². The lowest BCUT2D eigenvalue weighted by molar-refractivity contribution is 0.0191. The number of nitrogens with zero attached hydrogens (tertiary/aromatic N) is 1. The van der Waals surface area contributed by atoms with Crippen LogP contribution in [0.25, 0.3) is 0 Å². The molecule has 1 N–H and O–H groups in total. The molecule has 2 rings (SSSR count). The van der Waals surface area contributed by atoms with Crippen molar-refractivity contribution in [1.29, 1.82) is 0 Å². The van der Waals surface area contributed by atoms with E-state index in [0.717, 1.165) is 42.9 Å². The summed E-state index contributed by atoms with van der Waals surface area (Å²) >= 11 is 0. The monoisotopic (exact) mass is 264 g/mol. The third kappa shape index (κ3) is 3.91. The fourth-order valence-electron chi connectivity index (χ4n) is 2.45. The van der Waals surface area contributed by atoms with E-state index in [-0.39, 0.29) is 6.10 Å². The van der Waals surface area contributed by atoms with Crippen LogP contribution in [0, 0.1) is 6.92 Å². The van der Waals surface area contributed by atoms with Crippen LogP contribution in [0.4, 0.5) is 0 Å². The molecule has 0 amide bonds. The van der Waals surface area contributed by atoms with Crippen molar-refractivity contribution in [3.63, 3.8) is 0 Å². The first-order valence-corrected chi connectivity index (χ1v) is 7.12. The van der Waals surface area contributed by atoms with Gasteiger partial charge in [0.15, 0.2) is 0 Å². The van der Waals surface area contributed by atoms with Gasteiger partial charge in [0.2, 0.25) is 0 Å². The van der Waals surface area contributed by atoms with Gasteiger partial charge in [-0.3, -0.25) is 4.98 Å². The lowest BCUT2D eigenvalue weighted by atomic mass is 10.2. The standard InChI is InChI=1S/C15H24N2O2/c1-4-14-15(8-5-11(2)17-14)18-10-13-7-6-12(19-13)9-16-3/h5,8,12-13,16H,4,6-7,9-10H2,1-3H3. The summed E-state index contributed by atoms with van der Waals surface area (Å²) in [6.45, 7) is 5.65. The number of hydrogen-bond acceptors (Lipinski definition) is 4. The number of likely N-dealkylation sites (N-methyl/N-ethyl adjacent to an activating group) is 1. The van der Waals surface area contributed by atoms with Gasteiger partial charge in [0, 0.05) is 12.2 Å². The fraction of sp³-hybridized carbons (Fsp3) is 0.667. The molecule has 2 unspecified atom stereocenters. The minimum Gasteiger partial charge on any atom is -0.489 e. The molecule has 4 heteroatoms. The van der Waals surface area contributed by atoms with Crippen LogP contribution in [0.15, 0.2) is 12.1 Å². The van der Waals surface area contributed by atoms with E-state index in [1.165, 1.54) is 0 Å². The average Bonchev–Trinajstić information content (AvgIpc) is 2.85. The van der Waals surface area contributed by atoms with Crippen LogP contribution >= 0.6 is 0 Å². The molecule has 106 valence electrons. The van der Waals surface area contributed by atoms with Crippen LogP contribution in [0.1, 0.15) is 31.2 Å². The molecule has 2 atom stereocenters. The van der Waals surface area contributed by atoms with Crippen LogP contribution in [0.2, 0.25) is 0 Å². The Morgan fingerprint density at radius 2 is 2.16 bits per heavy atom. The molecule has 0 aliphatic carbocycles. The third-order valence-corrected chi connectivity index (χ3v) is 3.46. The number of rotatable bonds is 6. The molecule has 0 bridgehead atoms. The maximum Gasteiger partial charge on any atom is 0.140 e. The van der Waals surface area contributed by atoms with Crippen molar-refractivity contribution in [2.45, 2.75) is 45.3 Å². The van der Waals surface area contributed by atoms with Crippen molar-refractivity contribution >= 4 is 0 Å². The van der Waals surface area contributed by atoms with Crippen LogP contribution in [0.3, 0.4) is 0 Å². The number of aromatic nitrogens is 1. The second kappa shape index (κ2) is 6.87. The van der Waals surface area contributed by atoms with Gasteiger partial charge in [0.25, 0.3) is 0 Å². The quantitative estimate of drug-likeness (QED) is 0.854. The predicted octanol–water partition coefficient (Wildman–Crippen LogP) is 2.10. The van der Waals surface area contributed by atoms with Gasteiger partial charge in [-0.05, 0) is 45.4 Å². The summed E-state index contributed by atoms with van der Waals surface area (Å²) in [5, 5.41) is 3.15. The van der Waals surface area contributed by atoms with Crippen molar-refractivity contribution in [3.05, 3.63) is 23.5 Å². The van der Waals surface area contributed by atoms with E-state index in [1.54, 1.807) is 0 Å². The summed E-state index contributed by atoms with van der Waals surface area (Å²) in [6.07, 6.45) is 3.63. The molecule has 1 aromatic rings. The van der Waals surface area contributed by atoms with E-state index in [4.69, 9.17) is 9.47 Å². The zero-order valence-electron chi connectivity index (χ0n) is 12.1. The lowest BCUT2D eigenvalue weighted by Gasteiger charge is -2.16. The Kier molecular flexibility index (Phi) is 5.16. The molecular weight excluding hydrogens is 240 g/mol. The van der Waals surface area contributed by atoms with Crippen LogP contribution in [0.5, 0.6) is 5.75 Å². The number of hydrogen-bond donors (Lipinski definition) is 1. The van der Waals surface area contributed by atoms with Gasteiger partial charge < -0.3 is 14.8 Å². The maximum absolute atomic E-state index is 5.91. The van der Waals surface area contributed by atoms with Crippen molar-refractivity contribution in [3.8, 4) is 5.75 Å². The molecule has 1 fully saturated rings. The topological polar surface area (TPSA) is 43.4 Å². The van der Waals surface area contributed by atoms with Gasteiger partial charge in [-0.1, -0.05) is 6.92 Å². The second-order valence-electron chi connectivity index (χ2n) is 5.08. The summed E-state index contributed by atoms with van der Waals surface area (Å²) in [4.78, 5) is 4.51. The van der Waals surface area contributed by atoms with E-state index in [0.29, 0.717) is 12.7 Å². The highest BCUT2D eigenvalue weighted by Crippen LogP contribution is 2.22. The third-order valence-electron chi connectivity index (χ3n) is 3.46. The number of pyridine rings is 1. The van der Waals surface area contributed by atoms with Crippen molar-refractivity contribution < 1.29 is 9.47 Å². The Morgan fingerprint density at radius 1 is 1.37 bits per heavy atom. The minimum absolute atomic E-state index is 0.212. The smallest absolute Gasteiger partial charge is 0.140 e. The summed E-state index contributed by atoms with van der Waals surface area (Å²) in [5.41, 5.74) is 2.07. The van der Waals surface area contributed by atoms with E-state index in [9.17, 15) is 0 Å². The van der Waals surface area contributed by atoms with Gasteiger partial charge >= 0.3 is 0 Å². The summed E-state index contributed by atoms with van der Waals surface area (Å²) < 4.78 is 11.8. The van der Waals surface area contributed by atoms with E-state index in [2.05, 4.69) is 17.2 Å². The Balaban J connectivity index is 1.86. The molecule has 0 aromatic carbocycles. The highest BCUT2D eigenvalue weighted by atomic mass is 16.5. The Morgan fingerprint density at radius 3 is 2.89 bits per heavy atom. The molecule has 0 radical (unpaired) electrons. The first kappa shape index (κ1) is 14.3. The highest BCUT2D eigenvalue weighted by Gasteiger charge is 2.25.